The van der Waals surface area contributed by atoms with Crippen LogP contribution >= 0.6 is 0 Å². The Morgan fingerprint density at radius 3 is 2.45 bits per heavy atom. The molecule has 2 aromatic heterocycles. The highest BCUT2D eigenvalue weighted by Gasteiger charge is 2.24. The van der Waals surface area contributed by atoms with Gasteiger partial charge < -0.3 is 24.4 Å². The van der Waals surface area contributed by atoms with Gasteiger partial charge in [0.15, 0.2) is 5.69 Å². The van der Waals surface area contributed by atoms with Crippen LogP contribution in [-0.4, -0.2) is 59.2 Å². The fourth-order valence-corrected chi connectivity index (χ4v) is 3.15. The summed E-state index contributed by atoms with van der Waals surface area (Å²) in [6.45, 7) is 2.29. The summed E-state index contributed by atoms with van der Waals surface area (Å²) in [6, 6.07) is 7.15. The zero-order valence-corrected chi connectivity index (χ0v) is 19.2. The maximum atomic E-state index is 13.0. The molecule has 3 rings (SSSR count). The molecule has 0 radical (unpaired) electrons. The Kier molecular flexibility index (Phi) is 7.11. The number of ether oxygens (including phenoxy) is 1. The largest absolute Gasteiger partial charge is 0.486 e. The van der Waals surface area contributed by atoms with Crippen molar-refractivity contribution in [2.75, 3.05) is 38.0 Å². The zero-order valence-electron chi connectivity index (χ0n) is 19.2. The molecule has 0 saturated heterocycles. The molecule has 0 aliphatic rings. The number of hydrogen-bond donors (Lipinski definition) is 1. The Hall–Kier alpha value is -4.15. The van der Waals surface area contributed by atoms with Crippen molar-refractivity contribution < 1.29 is 18.8 Å². The van der Waals surface area contributed by atoms with Gasteiger partial charge in [-0.15, -0.1) is 0 Å². The number of nitrogens with zero attached hydrogens (tertiary/aromatic N) is 5. The molecule has 1 aromatic carbocycles. The molecule has 11 heteroatoms. The molecule has 174 valence electrons. The van der Waals surface area contributed by atoms with Crippen molar-refractivity contribution in [3.8, 4) is 5.75 Å². The summed E-state index contributed by atoms with van der Waals surface area (Å²) in [7, 11) is 6.70. The zero-order chi connectivity index (χ0) is 24.1. The second-order valence-corrected chi connectivity index (χ2v) is 7.51. The van der Waals surface area contributed by atoms with Crippen LogP contribution in [0.25, 0.3) is 0 Å². The number of amides is 2. The van der Waals surface area contributed by atoms with Gasteiger partial charge in [-0.1, -0.05) is 17.3 Å². The molecule has 3 aromatic rings. The summed E-state index contributed by atoms with van der Waals surface area (Å²) in [4.78, 5) is 45.6. The van der Waals surface area contributed by atoms with Crippen molar-refractivity contribution in [3.63, 3.8) is 0 Å². The molecule has 33 heavy (non-hydrogen) atoms. The Balaban J connectivity index is 1.91. The Morgan fingerprint density at radius 2 is 1.88 bits per heavy atom. The maximum absolute atomic E-state index is 13.0. The van der Waals surface area contributed by atoms with Crippen LogP contribution in [0.3, 0.4) is 0 Å². The molecule has 2 heterocycles. The third-order valence-corrected chi connectivity index (χ3v) is 4.79. The lowest BCUT2D eigenvalue weighted by molar-refractivity contribution is 0.0827. The highest BCUT2D eigenvalue weighted by Crippen LogP contribution is 2.19. The van der Waals surface area contributed by atoms with Crippen molar-refractivity contribution >= 4 is 23.5 Å². The molecule has 11 nitrogen and oxygen atoms in total. The van der Waals surface area contributed by atoms with Crippen molar-refractivity contribution in [1.29, 1.82) is 0 Å². The minimum absolute atomic E-state index is 0.0889. The van der Waals surface area contributed by atoms with Crippen molar-refractivity contribution in [3.05, 3.63) is 63.9 Å². The number of anilines is 2. The number of benzene rings is 1. The summed E-state index contributed by atoms with van der Waals surface area (Å²) in [5.41, 5.74) is 1.16. The fraction of sp³-hybridized carbons (Fsp3) is 0.318. The van der Waals surface area contributed by atoms with Crippen molar-refractivity contribution in [1.82, 2.24) is 19.6 Å². The summed E-state index contributed by atoms with van der Waals surface area (Å²) < 4.78 is 11.5. The van der Waals surface area contributed by atoms with E-state index in [0.717, 1.165) is 5.56 Å². The van der Waals surface area contributed by atoms with E-state index in [9.17, 15) is 14.4 Å². The van der Waals surface area contributed by atoms with Gasteiger partial charge in [0, 0.05) is 40.3 Å². The van der Waals surface area contributed by atoms with Crippen LogP contribution < -0.4 is 20.5 Å². The summed E-state index contributed by atoms with van der Waals surface area (Å²) in [6.07, 6.45) is 2.59. The van der Waals surface area contributed by atoms with Gasteiger partial charge in [0.2, 0.25) is 11.7 Å². The fourth-order valence-electron chi connectivity index (χ4n) is 3.15. The van der Waals surface area contributed by atoms with Crippen LogP contribution in [0.2, 0.25) is 0 Å². The van der Waals surface area contributed by atoms with E-state index < -0.39 is 11.5 Å². The smallest absolute Gasteiger partial charge is 0.297 e. The first-order valence-corrected chi connectivity index (χ1v) is 10.2. The SMILES string of the molecule is CCOc1c(C(=O)Nc2cnoc2)nc(N(C)Cc2ccc(C(=O)N(C)C)cc2)n(C)c1=O. The normalized spacial score (nSPS) is 10.6. The monoisotopic (exact) mass is 454 g/mol. The van der Waals surface area contributed by atoms with Gasteiger partial charge in [0.1, 0.15) is 12.0 Å². The Labute approximate surface area is 190 Å². The Morgan fingerprint density at radius 1 is 1.18 bits per heavy atom. The molecule has 0 saturated carbocycles. The first kappa shape index (κ1) is 23.5. The first-order chi connectivity index (χ1) is 15.7. The maximum Gasteiger partial charge on any atom is 0.297 e. The average molecular weight is 454 g/mol. The van der Waals surface area contributed by atoms with E-state index in [-0.39, 0.29) is 29.9 Å². The predicted molar refractivity (Wildman–Crippen MR) is 122 cm³/mol. The number of rotatable bonds is 8. The number of carbonyl (C=O) groups excluding carboxylic acids is 2. The number of hydrogen-bond acceptors (Lipinski definition) is 8. The molecular weight excluding hydrogens is 428 g/mol. The molecule has 0 atom stereocenters. The minimum Gasteiger partial charge on any atom is -0.486 e. The van der Waals surface area contributed by atoms with Crippen LogP contribution in [0.4, 0.5) is 11.6 Å². The van der Waals surface area contributed by atoms with E-state index in [0.29, 0.717) is 17.8 Å². The molecule has 0 bridgehead atoms. The van der Waals surface area contributed by atoms with E-state index in [4.69, 9.17) is 9.26 Å². The highest BCUT2D eigenvalue weighted by molar-refractivity contribution is 6.04. The van der Waals surface area contributed by atoms with E-state index in [2.05, 4.69) is 15.5 Å². The van der Waals surface area contributed by atoms with Crippen LogP contribution in [-0.2, 0) is 13.6 Å². The molecule has 1 N–H and O–H groups in total. The molecule has 2 amide bonds. The van der Waals surface area contributed by atoms with Gasteiger partial charge >= 0.3 is 0 Å². The van der Waals surface area contributed by atoms with Crippen LogP contribution in [0.5, 0.6) is 5.75 Å². The van der Waals surface area contributed by atoms with Gasteiger partial charge in [0.05, 0.1) is 12.8 Å². The van der Waals surface area contributed by atoms with Gasteiger partial charge in [-0.3, -0.25) is 19.0 Å². The quantitative estimate of drug-likeness (QED) is 0.546. The lowest BCUT2D eigenvalue weighted by Gasteiger charge is -2.22. The van der Waals surface area contributed by atoms with E-state index >= 15 is 0 Å². The molecule has 0 aliphatic carbocycles. The average Bonchev–Trinajstić information content (AvgIpc) is 3.30. The standard InChI is InChI=1S/C22H26N6O5/c1-6-32-18-17(19(29)24-16-11-23-33-13-16)25-22(28(5)21(18)31)27(4)12-14-7-9-15(10-8-14)20(30)26(2)3/h7-11,13H,6,12H2,1-5H3,(H,24,29). The lowest BCUT2D eigenvalue weighted by Crippen LogP contribution is -2.32. The molecule has 0 fully saturated rings. The van der Waals surface area contributed by atoms with E-state index in [1.807, 2.05) is 12.1 Å². The third kappa shape index (κ3) is 5.20. The lowest BCUT2D eigenvalue weighted by atomic mass is 10.1. The molecular formula is C22H26N6O5. The third-order valence-electron chi connectivity index (χ3n) is 4.79. The van der Waals surface area contributed by atoms with Crippen molar-refractivity contribution in [2.24, 2.45) is 7.05 Å². The predicted octanol–water partition coefficient (Wildman–Crippen LogP) is 1.76. The number of aromatic nitrogens is 3. The topological polar surface area (TPSA) is 123 Å². The molecule has 0 unspecified atom stereocenters. The molecule has 0 spiro atoms. The van der Waals surface area contributed by atoms with Gasteiger partial charge in [-0.25, -0.2) is 4.98 Å². The van der Waals surface area contributed by atoms with Gasteiger partial charge in [0.25, 0.3) is 17.4 Å². The highest BCUT2D eigenvalue weighted by atomic mass is 16.5. The van der Waals surface area contributed by atoms with Crippen LogP contribution in [0.15, 0.2) is 46.0 Å². The van der Waals surface area contributed by atoms with Crippen LogP contribution in [0, 0.1) is 0 Å². The summed E-state index contributed by atoms with van der Waals surface area (Å²) in [5, 5.41) is 6.12. The van der Waals surface area contributed by atoms with Crippen molar-refractivity contribution in [2.45, 2.75) is 13.5 Å². The molecule has 0 aliphatic heterocycles. The summed E-state index contributed by atoms with van der Waals surface area (Å²) in [5.74, 6) is -0.584. The van der Waals surface area contributed by atoms with Gasteiger partial charge in [-0.2, -0.15) is 0 Å². The summed E-state index contributed by atoms with van der Waals surface area (Å²) >= 11 is 0. The van der Waals surface area contributed by atoms with Gasteiger partial charge in [-0.05, 0) is 24.6 Å². The second-order valence-electron chi connectivity index (χ2n) is 7.51. The van der Waals surface area contributed by atoms with E-state index in [1.165, 1.54) is 21.9 Å². The minimum atomic E-state index is -0.624. The number of carbonyl (C=O) groups is 2. The second kappa shape index (κ2) is 9.98. The first-order valence-electron chi connectivity index (χ1n) is 10.2. The number of nitrogens with one attached hydrogen (secondary N) is 1. The van der Waals surface area contributed by atoms with Crippen LogP contribution in [0.1, 0.15) is 33.3 Å². The van der Waals surface area contributed by atoms with E-state index in [1.54, 1.807) is 52.1 Å². The Bertz CT molecular complexity index is 1190.